The Labute approximate surface area is 220 Å². The second-order valence-corrected chi connectivity index (χ2v) is 8.03. The van der Waals surface area contributed by atoms with Crippen molar-refractivity contribution in [2.24, 2.45) is 4.99 Å². The zero-order valence-electron chi connectivity index (χ0n) is 21.9. The number of benzene rings is 2. The second-order valence-electron chi connectivity index (χ2n) is 8.03. The van der Waals surface area contributed by atoms with Crippen molar-refractivity contribution in [3.05, 3.63) is 89.3 Å². The number of ether oxygens (including phenoxy) is 4. The van der Waals surface area contributed by atoms with Gasteiger partial charge in [0.05, 0.1) is 7.11 Å². The summed E-state index contributed by atoms with van der Waals surface area (Å²) in [7, 11) is 1.33. The largest absolute Gasteiger partial charge is 0.493 e. The first kappa shape index (κ1) is 29.8. The van der Waals surface area contributed by atoms with E-state index in [9.17, 15) is 18.8 Å². The third-order valence-corrected chi connectivity index (χ3v) is 5.16. The van der Waals surface area contributed by atoms with Crippen LogP contribution in [0.15, 0.2) is 82.9 Å². The number of amides is 1. The molecule has 1 N–H and O–H groups in total. The normalized spacial score (nSPS) is 14.2. The lowest BCUT2D eigenvalue weighted by molar-refractivity contribution is -0.156. The van der Waals surface area contributed by atoms with E-state index in [2.05, 4.69) is 17.0 Å². The van der Waals surface area contributed by atoms with Gasteiger partial charge in [0.1, 0.15) is 23.7 Å². The Bertz CT molecular complexity index is 1210. The number of carbonyl (C=O) groups is 3. The minimum absolute atomic E-state index is 0.0711. The second kappa shape index (κ2) is 14.3. The lowest BCUT2D eigenvalue weighted by Gasteiger charge is -2.27. The number of hydrogen-bond donors (Lipinski definition) is 1. The highest BCUT2D eigenvalue weighted by Gasteiger charge is 2.29. The summed E-state index contributed by atoms with van der Waals surface area (Å²) in [5.41, 5.74) is 0.332. The van der Waals surface area contributed by atoms with Crippen molar-refractivity contribution in [2.75, 3.05) is 7.11 Å². The van der Waals surface area contributed by atoms with Crippen LogP contribution in [0, 0.1) is 5.82 Å². The number of allylic oxidation sites excluding steroid dienone is 1. The molecule has 0 saturated carbocycles. The van der Waals surface area contributed by atoms with Gasteiger partial charge in [-0.3, -0.25) is 14.6 Å². The van der Waals surface area contributed by atoms with Crippen molar-refractivity contribution < 1.29 is 37.7 Å². The predicted molar refractivity (Wildman–Crippen MR) is 138 cm³/mol. The van der Waals surface area contributed by atoms with Crippen molar-refractivity contribution in [1.29, 1.82) is 0 Å². The minimum atomic E-state index is -1.14. The molecule has 2 rings (SSSR count). The molecule has 202 valence electrons. The van der Waals surface area contributed by atoms with Crippen LogP contribution in [-0.4, -0.2) is 43.8 Å². The number of rotatable bonds is 12. The summed E-state index contributed by atoms with van der Waals surface area (Å²) in [5.74, 6) is -2.73. The van der Waals surface area contributed by atoms with Gasteiger partial charge in [-0.1, -0.05) is 36.4 Å². The molecule has 2 aromatic carbocycles. The van der Waals surface area contributed by atoms with Gasteiger partial charge in [-0.15, -0.1) is 0 Å². The van der Waals surface area contributed by atoms with Gasteiger partial charge in [0.15, 0.2) is 17.6 Å². The van der Waals surface area contributed by atoms with Gasteiger partial charge in [0, 0.05) is 13.0 Å². The van der Waals surface area contributed by atoms with Gasteiger partial charge < -0.3 is 24.3 Å². The Balaban J connectivity index is 2.22. The number of halogens is 1. The van der Waals surface area contributed by atoms with E-state index < -0.39 is 41.9 Å². The lowest BCUT2D eigenvalue weighted by Crippen LogP contribution is -2.42. The average Bonchev–Trinajstić information content (AvgIpc) is 2.88. The monoisotopic (exact) mass is 526 g/mol. The smallest absolute Gasteiger partial charge is 0.328 e. The molecule has 0 saturated heterocycles. The van der Waals surface area contributed by atoms with E-state index in [4.69, 9.17) is 18.9 Å². The van der Waals surface area contributed by atoms with E-state index in [0.29, 0.717) is 5.56 Å². The molecular formula is C28H31FN2O7. The van der Waals surface area contributed by atoms with Crippen LogP contribution >= 0.6 is 0 Å². The first-order valence-electron chi connectivity index (χ1n) is 11.7. The topological polar surface area (TPSA) is 113 Å². The number of nitrogens with zero attached hydrogens (tertiary/aromatic N) is 1. The van der Waals surface area contributed by atoms with Gasteiger partial charge in [-0.2, -0.15) is 0 Å². The molecule has 1 amide bonds. The van der Waals surface area contributed by atoms with Crippen LogP contribution in [0.3, 0.4) is 0 Å². The standard InChI is InChI=1S/C28H31FN2O7/c1-7-23(35-6)26(37-19(4)32)24(30-5)27(33)31-17(2)28(34)36-18(3)25(20-12-9-8-10-13-20)38-22-15-11-14-21(29)16-22/h7-18,25H,5H2,1-4,6H3,(H,31,33)/b23-7+,26-24+/t17-,18-,25-/m0/s1. The predicted octanol–water partition coefficient (Wildman–Crippen LogP) is 4.41. The third-order valence-electron chi connectivity index (χ3n) is 5.16. The molecule has 38 heavy (non-hydrogen) atoms. The Morgan fingerprint density at radius 1 is 1.08 bits per heavy atom. The summed E-state index contributed by atoms with van der Waals surface area (Å²) >= 11 is 0. The first-order chi connectivity index (χ1) is 18.1. The maximum absolute atomic E-state index is 13.7. The lowest BCUT2D eigenvalue weighted by atomic mass is 10.0. The van der Waals surface area contributed by atoms with E-state index in [1.165, 1.54) is 38.3 Å². The van der Waals surface area contributed by atoms with Gasteiger partial charge >= 0.3 is 11.9 Å². The molecule has 3 atom stereocenters. The number of aliphatic imine (C=N–C) groups is 1. The molecule has 0 aliphatic carbocycles. The fraction of sp³-hybridized carbons (Fsp3) is 0.286. The zero-order chi connectivity index (χ0) is 28.2. The van der Waals surface area contributed by atoms with Crippen LogP contribution in [0.5, 0.6) is 5.75 Å². The van der Waals surface area contributed by atoms with Crippen LogP contribution in [-0.2, 0) is 28.6 Å². The van der Waals surface area contributed by atoms with Crippen LogP contribution in [0.4, 0.5) is 4.39 Å². The number of hydrogen-bond acceptors (Lipinski definition) is 8. The van der Waals surface area contributed by atoms with E-state index in [-0.39, 0.29) is 23.0 Å². The van der Waals surface area contributed by atoms with E-state index >= 15 is 0 Å². The highest BCUT2D eigenvalue weighted by Crippen LogP contribution is 2.27. The summed E-state index contributed by atoms with van der Waals surface area (Å²) in [6.07, 6.45) is -0.136. The van der Waals surface area contributed by atoms with Crippen molar-refractivity contribution >= 4 is 24.6 Å². The Morgan fingerprint density at radius 2 is 1.76 bits per heavy atom. The van der Waals surface area contributed by atoms with Gasteiger partial charge in [0.2, 0.25) is 5.76 Å². The fourth-order valence-corrected chi connectivity index (χ4v) is 3.38. The summed E-state index contributed by atoms with van der Waals surface area (Å²) in [6, 6.07) is 13.5. The van der Waals surface area contributed by atoms with E-state index in [0.717, 1.165) is 6.92 Å². The molecule has 0 aliphatic rings. The van der Waals surface area contributed by atoms with Crippen molar-refractivity contribution in [3.63, 3.8) is 0 Å². The Hall–Kier alpha value is -4.47. The van der Waals surface area contributed by atoms with E-state index in [1.54, 1.807) is 44.2 Å². The van der Waals surface area contributed by atoms with E-state index in [1.807, 2.05) is 6.07 Å². The number of nitrogens with one attached hydrogen (secondary N) is 1. The maximum Gasteiger partial charge on any atom is 0.328 e. The summed E-state index contributed by atoms with van der Waals surface area (Å²) < 4.78 is 35.6. The molecule has 0 fully saturated rings. The van der Waals surface area contributed by atoms with Crippen LogP contribution in [0.25, 0.3) is 0 Å². The maximum atomic E-state index is 13.7. The summed E-state index contributed by atoms with van der Waals surface area (Å²) in [4.78, 5) is 41.1. The molecule has 2 aromatic rings. The first-order valence-corrected chi connectivity index (χ1v) is 11.7. The molecule has 0 aromatic heterocycles. The molecule has 10 heteroatoms. The molecule has 0 aliphatic heterocycles. The van der Waals surface area contributed by atoms with Crippen molar-refractivity contribution in [3.8, 4) is 5.75 Å². The van der Waals surface area contributed by atoms with Crippen LogP contribution in [0.1, 0.15) is 39.4 Å². The molecule has 0 spiro atoms. The molecule has 0 bridgehead atoms. The number of esters is 2. The highest BCUT2D eigenvalue weighted by molar-refractivity contribution is 5.97. The van der Waals surface area contributed by atoms with Crippen LogP contribution < -0.4 is 10.1 Å². The summed E-state index contributed by atoms with van der Waals surface area (Å²) in [6.45, 7) is 9.16. The molecule has 9 nitrogen and oxygen atoms in total. The van der Waals surface area contributed by atoms with Gasteiger partial charge in [0.25, 0.3) is 5.91 Å². The average molecular weight is 527 g/mol. The third kappa shape index (κ3) is 8.29. The van der Waals surface area contributed by atoms with Crippen LogP contribution in [0.2, 0.25) is 0 Å². The summed E-state index contributed by atoms with van der Waals surface area (Å²) in [5, 5.41) is 2.46. The molecule has 0 unspecified atom stereocenters. The Kier molecular flexibility index (Phi) is 11.2. The fourth-order valence-electron chi connectivity index (χ4n) is 3.38. The van der Waals surface area contributed by atoms with Gasteiger partial charge in [-0.05, 0) is 51.3 Å². The number of carbonyl (C=O) groups excluding carboxylic acids is 3. The van der Waals surface area contributed by atoms with Crippen molar-refractivity contribution in [1.82, 2.24) is 5.32 Å². The number of methoxy groups -OCH3 is 1. The van der Waals surface area contributed by atoms with Crippen molar-refractivity contribution in [2.45, 2.75) is 45.9 Å². The molecule has 0 radical (unpaired) electrons. The quantitative estimate of drug-likeness (QED) is 0.143. The molecular weight excluding hydrogens is 495 g/mol. The SMILES string of the molecule is C=N/C(C(=O)N[C@@H](C)C(=O)O[C@@H](C)[C@H](Oc1cccc(F)c1)c1ccccc1)=C(OC(C)=O)\C(=C/C)OC. The Morgan fingerprint density at radius 3 is 2.32 bits per heavy atom. The molecule has 0 heterocycles. The minimum Gasteiger partial charge on any atom is -0.493 e. The highest BCUT2D eigenvalue weighted by atomic mass is 19.1. The zero-order valence-corrected chi connectivity index (χ0v) is 21.9. The van der Waals surface area contributed by atoms with Gasteiger partial charge in [-0.25, -0.2) is 9.18 Å².